The van der Waals surface area contributed by atoms with Crippen molar-refractivity contribution in [3.63, 3.8) is 0 Å². The van der Waals surface area contributed by atoms with Crippen LogP contribution in [0.1, 0.15) is 6.42 Å². The van der Waals surface area contributed by atoms with Crippen LogP contribution in [0, 0.1) is 0 Å². The quantitative estimate of drug-likeness (QED) is 0.421. The van der Waals surface area contributed by atoms with Gasteiger partial charge in [-0.2, -0.15) is 0 Å². The van der Waals surface area contributed by atoms with Gasteiger partial charge >= 0.3 is 0 Å². The second kappa shape index (κ2) is 3.50. The van der Waals surface area contributed by atoms with Gasteiger partial charge in [0.15, 0.2) is 0 Å². The SMILES string of the molecule is C1=CC2=CC=C1C2.O=[SH](=O)O. The molecule has 2 rings (SSSR count). The molecule has 0 aromatic carbocycles. The minimum atomic E-state index is -3.12. The van der Waals surface area contributed by atoms with Gasteiger partial charge in [-0.25, -0.2) is 8.42 Å². The van der Waals surface area contributed by atoms with E-state index in [0.29, 0.717) is 0 Å². The Bertz CT molecular complexity index is 280. The molecular formula is C7H8O3S. The summed E-state index contributed by atoms with van der Waals surface area (Å²) in [5, 5.41) is 0. The molecule has 0 saturated carbocycles. The number of rotatable bonds is 0. The summed E-state index contributed by atoms with van der Waals surface area (Å²) in [5.74, 6) is 0. The van der Waals surface area contributed by atoms with Crippen LogP contribution in [0.3, 0.4) is 0 Å². The smallest absolute Gasteiger partial charge is 0.254 e. The summed E-state index contributed by atoms with van der Waals surface area (Å²) in [6.45, 7) is 0. The first-order chi connectivity index (χ1) is 5.18. The van der Waals surface area contributed by atoms with E-state index < -0.39 is 11.0 Å². The molecule has 2 aliphatic carbocycles. The molecule has 4 heteroatoms. The van der Waals surface area contributed by atoms with Crippen LogP contribution in [-0.2, 0) is 11.0 Å². The second-order valence-corrected chi connectivity index (χ2v) is 2.71. The summed E-state index contributed by atoms with van der Waals surface area (Å²) in [5.41, 5.74) is 2.94. The fraction of sp³-hybridized carbons (Fsp3) is 0.143. The van der Waals surface area contributed by atoms with Crippen LogP contribution in [0.5, 0.6) is 0 Å². The van der Waals surface area contributed by atoms with Crippen molar-refractivity contribution in [3.8, 4) is 0 Å². The van der Waals surface area contributed by atoms with E-state index in [0.717, 1.165) is 0 Å². The zero-order valence-corrected chi connectivity index (χ0v) is 6.62. The second-order valence-electron chi connectivity index (χ2n) is 2.23. The summed E-state index contributed by atoms with van der Waals surface area (Å²) >= 11 is 0. The standard InChI is InChI=1S/C7H6.H2O3S/c1-2-7-4-3-6(1)5-7;1-4(2)3/h1-4H,5H2;4H,(H,1,2,3). The van der Waals surface area contributed by atoms with Crippen LogP contribution in [0.15, 0.2) is 35.5 Å². The molecule has 0 atom stereocenters. The van der Waals surface area contributed by atoms with Crippen molar-refractivity contribution in [2.24, 2.45) is 0 Å². The molecule has 0 radical (unpaired) electrons. The first kappa shape index (κ1) is 8.23. The molecule has 0 aliphatic heterocycles. The highest BCUT2D eigenvalue weighted by molar-refractivity contribution is 7.66. The molecule has 3 nitrogen and oxygen atoms in total. The predicted octanol–water partition coefficient (Wildman–Crippen LogP) is 0.884. The average molecular weight is 172 g/mol. The van der Waals surface area contributed by atoms with Gasteiger partial charge in [-0.15, -0.1) is 0 Å². The maximum absolute atomic E-state index is 8.59. The van der Waals surface area contributed by atoms with Crippen molar-refractivity contribution in [1.29, 1.82) is 0 Å². The Morgan fingerprint density at radius 2 is 1.55 bits per heavy atom. The van der Waals surface area contributed by atoms with Crippen molar-refractivity contribution < 1.29 is 13.0 Å². The predicted molar refractivity (Wildman–Crippen MR) is 42.9 cm³/mol. The van der Waals surface area contributed by atoms with E-state index in [1.807, 2.05) is 0 Å². The lowest BCUT2D eigenvalue weighted by atomic mass is 10.3. The van der Waals surface area contributed by atoms with Gasteiger partial charge in [0, 0.05) is 0 Å². The highest BCUT2D eigenvalue weighted by Crippen LogP contribution is 2.27. The molecule has 0 aromatic rings. The highest BCUT2D eigenvalue weighted by Gasteiger charge is 2.07. The highest BCUT2D eigenvalue weighted by atomic mass is 32.2. The van der Waals surface area contributed by atoms with Gasteiger partial charge in [-0.05, 0) is 17.6 Å². The minimum Gasteiger partial charge on any atom is -0.288 e. The van der Waals surface area contributed by atoms with Crippen LogP contribution in [0.4, 0.5) is 0 Å². The normalized spacial score (nSPS) is 17.6. The molecule has 0 heterocycles. The Morgan fingerprint density at radius 1 is 1.18 bits per heavy atom. The summed E-state index contributed by atoms with van der Waals surface area (Å²) in [6.07, 6.45) is 9.90. The van der Waals surface area contributed by atoms with Gasteiger partial charge in [-0.3, -0.25) is 4.55 Å². The molecule has 0 aromatic heterocycles. The summed E-state index contributed by atoms with van der Waals surface area (Å²) in [7, 11) is -3.12. The van der Waals surface area contributed by atoms with E-state index in [2.05, 4.69) is 24.3 Å². The Morgan fingerprint density at radius 3 is 1.64 bits per heavy atom. The molecule has 1 N–H and O–H groups in total. The molecule has 0 fully saturated rings. The molecule has 0 amide bonds. The number of fused-ring (bicyclic) bond motifs is 2. The van der Waals surface area contributed by atoms with E-state index in [1.54, 1.807) is 0 Å². The van der Waals surface area contributed by atoms with Gasteiger partial charge in [0.25, 0.3) is 11.0 Å². The van der Waals surface area contributed by atoms with E-state index in [9.17, 15) is 0 Å². The topological polar surface area (TPSA) is 54.4 Å². The zero-order valence-electron chi connectivity index (χ0n) is 5.73. The maximum Gasteiger partial charge on any atom is 0.254 e. The molecule has 11 heavy (non-hydrogen) atoms. The van der Waals surface area contributed by atoms with Crippen LogP contribution < -0.4 is 0 Å². The van der Waals surface area contributed by atoms with Gasteiger partial charge in [0.2, 0.25) is 0 Å². The Hall–Kier alpha value is -0.870. The number of hydrogen-bond acceptors (Lipinski definition) is 2. The number of thiol groups is 1. The Balaban J connectivity index is 0.000000134. The van der Waals surface area contributed by atoms with Crippen molar-refractivity contribution in [2.45, 2.75) is 6.42 Å². The molecule has 0 saturated heterocycles. The van der Waals surface area contributed by atoms with E-state index in [-0.39, 0.29) is 0 Å². The zero-order chi connectivity index (χ0) is 8.27. The lowest BCUT2D eigenvalue weighted by Gasteiger charge is -1.77. The van der Waals surface area contributed by atoms with Crippen molar-refractivity contribution in [1.82, 2.24) is 0 Å². The lowest BCUT2D eigenvalue weighted by molar-refractivity contribution is 0.509. The third kappa shape index (κ3) is 2.69. The van der Waals surface area contributed by atoms with Crippen LogP contribution >= 0.6 is 0 Å². The van der Waals surface area contributed by atoms with Crippen LogP contribution in [0.25, 0.3) is 0 Å². The largest absolute Gasteiger partial charge is 0.288 e. The molecule has 2 bridgehead atoms. The third-order valence-corrected chi connectivity index (χ3v) is 1.43. The molecule has 0 unspecified atom stereocenters. The first-order valence-corrected chi connectivity index (χ1v) is 4.22. The molecule has 0 spiro atoms. The summed E-state index contributed by atoms with van der Waals surface area (Å²) in [6, 6.07) is 0. The molecule has 2 aliphatic rings. The Kier molecular flexibility index (Phi) is 2.62. The molecular weight excluding hydrogens is 164 g/mol. The molecule has 60 valence electrons. The third-order valence-electron chi connectivity index (χ3n) is 1.43. The first-order valence-electron chi connectivity index (χ1n) is 3.09. The van der Waals surface area contributed by atoms with Crippen molar-refractivity contribution in [3.05, 3.63) is 35.5 Å². The minimum absolute atomic E-state index is 1.19. The summed E-state index contributed by atoms with van der Waals surface area (Å²) in [4.78, 5) is 0. The van der Waals surface area contributed by atoms with Gasteiger partial charge < -0.3 is 0 Å². The van der Waals surface area contributed by atoms with E-state index in [4.69, 9.17) is 13.0 Å². The fourth-order valence-electron chi connectivity index (χ4n) is 1.01. The van der Waals surface area contributed by atoms with Gasteiger partial charge in [0.1, 0.15) is 0 Å². The van der Waals surface area contributed by atoms with Crippen molar-refractivity contribution >= 4 is 11.0 Å². The fourth-order valence-corrected chi connectivity index (χ4v) is 1.01. The monoisotopic (exact) mass is 172 g/mol. The van der Waals surface area contributed by atoms with Gasteiger partial charge in [-0.1, -0.05) is 24.3 Å². The van der Waals surface area contributed by atoms with Crippen LogP contribution in [-0.4, -0.2) is 13.0 Å². The van der Waals surface area contributed by atoms with Crippen molar-refractivity contribution in [2.75, 3.05) is 0 Å². The number of hydrogen-bond donors (Lipinski definition) is 2. The lowest BCUT2D eigenvalue weighted by Crippen LogP contribution is -1.59. The van der Waals surface area contributed by atoms with E-state index >= 15 is 0 Å². The van der Waals surface area contributed by atoms with Crippen LogP contribution in [0.2, 0.25) is 0 Å². The van der Waals surface area contributed by atoms with E-state index in [1.165, 1.54) is 17.6 Å². The number of allylic oxidation sites excluding steroid dienone is 6. The Labute approximate surface area is 66.5 Å². The summed E-state index contributed by atoms with van der Waals surface area (Å²) < 4.78 is 24.2. The maximum atomic E-state index is 8.59. The van der Waals surface area contributed by atoms with Gasteiger partial charge in [0.05, 0.1) is 0 Å². The average Bonchev–Trinajstić information content (AvgIpc) is 2.45.